The number of likely N-dealkylation sites (tertiary alicyclic amines) is 2. The number of ether oxygens (including phenoxy) is 1. The van der Waals surface area contributed by atoms with Crippen LogP contribution >= 0.6 is 11.6 Å². The summed E-state index contributed by atoms with van der Waals surface area (Å²) < 4.78 is 6.32. The second kappa shape index (κ2) is 9.80. The van der Waals surface area contributed by atoms with Crippen LogP contribution in [0.3, 0.4) is 0 Å². The van der Waals surface area contributed by atoms with Crippen molar-refractivity contribution in [2.45, 2.75) is 51.7 Å². The molecule has 1 aromatic heterocycles. The summed E-state index contributed by atoms with van der Waals surface area (Å²) in [7, 11) is 0. The van der Waals surface area contributed by atoms with Gasteiger partial charge in [-0.2, -0.15) is 0 Å². The Bertz CT molecular complexity index is 875. The fourth-order valence-corrected chi connectivity index (χ4v) is 4.48. The highest BCUT2D eigenvalue weighted by Gasteiger charge is 2.25. The van der Waals surface area contributed by atoms with Gasteiger partial charge >= 0.3 is 0 Å². The van der Waals surface area contributed by atoms with Gasteiger partial charge in [0.05, 0.1) is 11.3 Å². The van der Waals surface area contributed by atoms with E-state index in [1.54, 1.807) is 12.1 Å². The summed E-state index contributed by atoms with van der Waals surface area (Å²) in [6.45, 7) is 6.45. The molecule has 4 rings (SSSR count). The van der Waals surface area contributed by atoms with Crippen LogP contribution in [-0.2, 0) is 6.54 Å². The summed E-state index contributed by atoms with van der Waals surface area (Å²) in [5.74, 6) is 0.682. The Labute approximate surface area is 184 Å². The average Bonchev–Trinajstić information content (AvgIpc) is 2.75. The highest BCUT2D eigenvalue weighted by atomic mass is 35.5. The molecule has 5 nitrogen and oxygen atoms in total. The second-order valence-electron chi connectivity index (χ2n) is 8.36. The van der Waals surface area contributed by atoms with Crippen molar-refractivity contribution in [2.75, 3.05) is 26.2 Å². The number of nitrogens with zero attached hydrogens (tertiary/aromatic N) is 3. The normalized spacial score (nSPS) is 18.4. The van der Waals surface area contributed by atoms with Crippen molar-refractivity contribution in [2.24, 2.45) is 0 Å². The van der Waals surface area contributed by atoms with Gasteiger partial charge in [-0.1, -0.05) is 17.7 Å². The molecule has 6 heteroatoms. The number of benzene rings is 1. The Morgan fingerprint density at radius 1 is 1.10 bits per heavy atom. The van der Waals surface area contributed by atoms with E-state index in [9.17, 15) is 4.79 Å². The Hall–Kier alpha value is -2.11. The van der Waals surface area contributed by atoms with Crippen LogP contribution in [0.1, 0.15) is 53.8 Å². The summed E-state index contributed by atoms with van der Waals surface area (Å²) >= 11 is 6.23. The fourth-order valence-electron chi connectivity index (χ4n) is 4.32. The lowest BCUT2D eigenvalue weighted by Crippen LogP contribution is -2.39. The molecule has 0 saturated carbocycles. The lowest BCUT2D eigenvalue weighted by Gasteiger charge is -2.33. The molecule has 2 aliphatic heterocycles. The van der Waals surface area contributed by atoms with E-state index < -0.39 is 0 Å². The minimum atomic E-state index is 0.0596. The first-order valence-electron chi connectivity index (χ1n) is 11.0. The van der Waals surface area contributed by atoms with Crippen molar-refractivity contribution < 1.29 is 9.53 Å². The molecule has 0 atom stereocenters. The van der Waals surface area contributed by atoms with Crippen LogP contribution in [0.25, 0.3) is 0 Å². The Morgan fingerprint density at radius 2 is 1.87 bits per heavy atom. The molecule has 0 spiro atoms. The second-order valence-corrected chi connectivity index (χ2v) is 8.79. The maximum absolute atomic E-state index is 13.0. The molecular weight excluding hydrogens is 398 g/mol. The van der Waals surface area contributed by atoms with Crippen molar-refractivity contribution in [1.82, 2.24) is 14.8 Å². The predicted octanol–water partition coefficient (Wildman–Crippen LogP) is 4.71. The molecule has 0 N–H and O–H groups in total. The van der Waals surface area contributed by atoms with Crippen molar-refractivity contribution >= 4 is 17.5 Å². The molecule has 2 aromatic rings. The Balaban J connectivity index is 1.37. The van der Waals surface area contributed by atoms with Crippen LogP contribution in [0.15, 0.2) is 36.4 Å². The van der Waals surface area contributed by atoms with Gasteiger partial charge in [0.1, 0.15) is 11.9 Å². The predicted molar refractivity (Wildman–Crippen MR) is 119 cm³/mol. The van der Waals surface area contributed by atoms with Crippen molar-refractivity contribution in [1.29, 1.82) is 0 Å². The van der Waals surface area contributed by atoms with Gasteiger partial charge in [0.2, 0.25) is 0 Å². The summed E-state index contributed by atoms with van der Waals surface area (Å²) in [6, 6.07) is 11.6. The third kappa shape index (κ3) is 5.32. The number of aromatic nitrogens is 1. The molecule has 0 radical (unpaired) electrons. The maximum Gasteiger partial charge on any atom is 0.257 e. The molecule has 0 bridgehead atoms. The summed E-state index contributed by atoms with van der Waals surface area (Å²) in [5.41, 5.74) is 2.80. The first-order valence-corrected chi connectivity index (χ1v) is 11.4. The molecule has 1 amide bonds. The molecule has 1 aromatic carbocycles. The van der Waals surface area contributed by atoms with E-state index in [2.05, 4.69) is 22.0 Å². The van der Waals surface area contributed by atoms with Gasteiger partial charge in [0.15, 0.2) is 0 Å². The lowest BCUT2D eigenvalue weighted by atomic mass is 10.1. The number of carbonyl (C=O) groups excluding carboxylic acids is 1. The highest BCUT2D eigenvalue weighted by Crippen LogP contribution is 2.29. The Morgan fingerprint density at radius 3 is 2.60 bits per heavy atom. The van der Waals surface area contributed by atoms with E-state index >= 15 is 0 Å². The fraction of sp³-hybridized carbons (Fsp3) is 0.500. The number of hydrogen-bond donors (Lipinski definition) is 0. The topological polar surface area (TPSA) is 45.7 Å². The number of carbonyl (C=O) groups is 1. The van der Waals surface area contributed by atoms with E-state index in [-0.39, 0.29) is 12.0 Å². The maximum atomic E-state index is 13.0. The molecule has 2 aliphatic rings. The first kappa shape index (κ1) is 21.1. The number of pyridine rings is 1. The van der Waals surface area contributed by atoms with Crippen LogP contribution in [0, 0.1) is 6.92 Å². The van der Waals surface area contributed by atoms with Crippen LogP contribution in [0.5, 0.6) is 5.75 Å². The number of hydrogen-bond acceptors (Lipinski definition) is 4. The summed E-state index contributed by atoms with van der Waals surface area (Å²) in [5, 5.41) is 0.600. The number of amides is 1. The molecular formula is C24H30ClN3O2. The smallest absolute Gasteiger partial charge is 0.257 e. The number of rotatable bonds is 5. The molecule has 2 fully saturated rings. The van der Waals surface area contributed by atoms with E-state index in [0.717, 1.165) is 69.8 Å². The minimum absolute atomic E-state index is 0.0596. The average molecular weight is 428 g/mol. The molecule has 3 heterocycles. The zero-order chi connectivity index (χ0) is 20.9. The minimum Gasteiger partial charge on any atom is -0.489 e. The third-order valence-electron chi connectivity index (χ3n) is 5.98. The first-order chi connectivity index (χ1) is 14.6. The monoisotopic (exact) mass is 427 g/mol. The van der Waals surface area contributed by atoms with Crippen molar-refractivity contribution in [3.63, 3.8) is 0 Å². The zero-order valence-corrected chi connectivity index (χ0v) is 18.4. The molecule has 30 heavy (non-hydrogen) atoms. The van der Waals surface area contributed by atoms with E-state index in [1.807, 2.05) is 24.0 Å². The van der Waals surface area contributed by atoms with Crippen molar-refractivity contribution in [3.8, 4) is 5.75 Å². The summed E-state index contributed by atoms with van der Waals surface area (Å²) in [4.78, 5) is 22.0. The van der Waals surface area contributed by atoms with Crippen LogP contribution < -0.4 is 4.74 Å². The quantitative estimate of drug-likeness (QED) is 0.693. The number of aryl methyl sites for hydroxylation is 1. The molecule has 0 aliphatic carbocycles. The number of halogens is 1. The van der Waals surface area contributed by atoms with Gasteiger partial charge in [-0.25, -0.2) is 0 Å². The van der Waals surface area contributed by atoms with Gasteiger partial charge < -0.3 is 9.64 Å². The largest absolute Gasteiger partial charge is 0.489 e. The third-order valence-corrected chi connectivity index (χ3v) is 6.21. The van der Waals surface area contributed by atoms with Gasteiger partial charge in [-0.3, -0.25) is 14.7 Å². The van der Waals surface area contributed by atoms with Gasteiger partial charge in [-0.05, 0) is 69.4 Å². The van der Waals surface area contributed by atoms with Gasteiger partial charge in [0.25, 0.3) is 5.91 Å². The lowest BCUT2D eigenvalue weighted by molar-refractivity contribution is 0.0701. The molecule has 160 valence electrons. The zero-order valence-electron chi connectivity index (χ0n) is 17.6. The standard InChI is InChI=1S/C24H30ClN3O2/c1-18-6-5-7-20(26-18)17-27-14-10-21(11-15-27)30-23-16-19(25)8-9-22(23)24(29)28-12-3-2-4-13-28/h5-9,16,21H,2-4,10-15,17H2,1H3. The van der Waals surface area contributed by atoms with Crippen LogP contribution in [0.4, 0.5) is 0 Å². The van der Waals surface area contributed by atoms with E-state index in [4.69, 9.17) is 16.3 Å². The molecule has 2 saturated heterocycles. The Kier molecular flexibility index (Phi) is 6.90. The SMILES string of the molecule is Cc1cccc(CN2CCC(Oc3cc(Cl)ccc3C(=O)N3CCCCC3)CC2)n1. The molecule has 0 unspecified atom stereocenters. The van der Waals surface area contributed by atoms with Gasteiger partial charge in [0, 0.05) is 43.4 Å². The highest BCUT2D eigenvalue weighted by molar-refractivity contribution is 6.30. The van der Waals surface area contributed by atoms with E-state index in [1.165, 1.54) is 6.42 Å². The van der Waals surface area contributed by atoms with Gasteiger partial charge in [-0.15, -0.1) is 0 Å². The van der Waals surface area contributed by atoms with Crippen LogP contribution in [-0.4, -0.2) is 53.0 Å². The summed E-state index contributed by atoms with van der Waals surface area (Å²) in [6.07, 6.45) is 5.29. The number of piperidine rings is 2. The van der Waals surface area contributed by atoms with Crippen molar-refractivity contribution in [3.05, 3.63) is 58.4 Å². The van der Waals surface area contributed by atoms with E-state index in [0.29, 0.717) is 16.3 Å². The van der Waals surface area contributed by atoms with Crippen LogP contribution in [0.2, 0.25) is 5.02 Å².